The molecule has 2 heterocycles. The highest BCUT2D eigenvalue weighted by atomic mass is 16.4. The summed E-state index contributed by atoms with van der Waals surface area (Å²) in [6.07, 6.45) is 4.44. The van der Waals surface area contributed by atoms with Crippen molar-refractivity contribution in [1.29, 1.82) is 0 Å². The van der Waals surface area contributed by atoms with Crippen LogP contribution in [-0.4, -0.2) is 44.9 Å². The van der Waals surface area contributed by atoms with Gasteiger partial charge in [0.1, 0.15) is 0 Å². The van der Waals surface area contributed by atoms with Gasteiger partial charge in [0.25, 0.3) is 0 Å². The van der Waals surface area contributed by atoms with Gasteiger partial charge in [0.05, 0.1) is 11.4 Å². The number of piperidine rings is 1. The van der Waals surface area contributed by atoms with Gasteiger partial charge in [0.2, 0.25) is 0 Å². The Hall–Kier alpha value is -2.05. The van der Waals surface area contributed by atoms with Crippen molar-refractivity contribution in [1.82, 2.24) is 14.7 Å². The summed E-state index contributed by atoms with van der Waals surface area (Å²) >= 11 is 0. The minimum absolute atomic E-state index is 0.109. The minimum atomic E-state index is -0.748. The Bertz CT molecular complexity index is 518. The number of likely N-dealkylation sites (tertiary alicyclic amines) is 1. The third kappa shape index (κ3) is 4.21. The van der Waals surface area contributed by atoms with Gasteiger partial charge in [-0.3, -0.25) is 9.48 Å². The summed E-state index contributed by atoms with van der Waals surface area (Å²) in [6.45, 7) is 3.21. The fourth-order valence-electron chi connectivity index (χ4n) is 2.67. The highest BCUT2D eigenvalue weighted by molar-refractivity contribution is 5.89. The molecule has 7 heteroatoms. The lowest BCUT2D eigenvalue weighted by Crippen LogP contribution is -2.41. The maximum Gasteiger partial charge on any atom is 0.321 e. The molecular formula is C14H22N4O3. The number of carboxylic acids is 1. The fourth-order valence-corrected chi connectivity index (χ4v) is 2.67. The first-order valence-corrected chi connectivity index (χ1v) is 7.23. The largest absolute Gasteiger partial charge is 0.481 e. The molecule has 1 fully saturated rings. The van der Waals surface area contributed by atoms with Gasteiger partial charge in [0.15, 0.2) is 0 Å². The monoisotopic (exact) mass is 294 g/mol. The lowest BCUT2D eigenvalue weighted by atomic mass is 9.92. The van der Waals surface area contributed by atoms with E-state index in [-0.39, 0.29) is 12.5 Å². The number of amides is 2. The van der Waals surface area contributed by atoms with E-state index in [0.717, 1.165) is 24.2 Å². The Morgan fingerprint density at radius 3 is 2.62 bits per heavy atom. The van der Waals surface area contributed by atoms with E-state index in [1.807, 2.05) is 14.0 Å². The van der Waals surface area contributed by atoms with Gasteiger partial charge in [-0.05, 0) is 32.1 Å². The number of urea groups is 1. The van der Waals surface area contributed by atoms with Crippen LogP contribution in [0.3, 0.4) is 0 Å². The Kier molecular flexibility index (Phi) is 4.82. The van der Waals surface area contributed by atoms with E-state index in [1.165, 1.54) is 0 Å². The quantitative estimate of drug-likeness (QED) is 0.887. The smallest absolute Gasteiger partial charge is 0.321 e. The molecule has 0 bridgehead atoms. The molecule has 7 nitrogen and oxygen atoms in total. The highest BCUT2D eigenvalue weighted by Gasteiger charge is 2.23. The Labute approximate surface area is 123 Å². The summed E-state index contributed by atoms with van der Waals surface area (Å²) in [5.41, 5.74) is 1.53. The number of hydrogen-bond donors (Lipinski definition) is 2. The molecule has 0 aromatic carbocycles. The molecule has 1 saturated heterocycles. The number of anilines is 1. The number of hydrogen-bond acceptors (Lipinski definition) is 3. The average Bonchev–Trinajstić information content (AvgIpc) is 2.75. The highest BCUT2D eigenvalue weighted by Crippen LogP contribution is 2.22. The molecule has 0 unspecified atom stereocenters. The SMILES string of the molecule is Cc1nn(C)cc1NC(=O)N1CCC(CCC(=O)O)CC1. The Morgan fingerprint density at radius 1 is 1.43 bits per heavy atom. The first-order chi connectivity index (χ1) is 9.95. The molecule has 0 spiro atoms. The molecule has 0 saturated carbocycles. The second-order valence-corrected chi connectivity index (χ2v) is 5.59. The summed E-state index contributed by atoms with van der Waals surface area (Å²) < 4.78 is 1.67. The number of carbonyl (C=O) groups excluding carboxylic acids is 1. The Balaban J connectivity index is 1.80. The van der Waals surface area contributed by atoms with Gasteiger partial charge in [-0.2, -0.15) is 5.10 Å². The standard InChI is InChI=1S/C14H22N4O3/c1-10-12(9-17(2)16-10)15-14(21)18-7-5-11(6-8-18)3-4-13(19)20/h9,11H,3-8H2,1-2H3,(H,15,21)(H,19,20). The van der Waals surface area contributed by atoms with Crippen LogP contribution in [0, 0.1) is 12.8 Å². The number of nitrogens with zero attached hydrogens (tertiary/aromatic N) is 3. The van der Waals surface area contributed by atoms with Gasteiger partial charge < -0.3 is 15.3 Å². The van der Waals surface area contributed by atoms with Crippen LogP contribution in [0.25, 0.3) is 0 Å². The van der Waals surface area contributed by atoms with Crippen LogP contribution in [0.5, 0.6) is 0 Å². The molecule has 2 amide bonds. The van der Waals surface area contributed by atoms with Crippen molar-refractivity contribution in [2.75, 3.05) is 18.4 Å². The maximum atomic E-state index is 12.2. The van der Waals surface area contributed by atoms with E-state index in [9.17, 15) is 9.59 Å². The van der Waals surface area contributed by atoms with Crippen LogP contribution in [0.4, 0.5) is 10.5 Å². The average molecular weight is 294 g/mol. The third-order valence-electron chi connectivity index (χ3n) is 3.92. The number of aryl methyl sites for hydroxylation is 2. The lowest BCUT2D eigenvalue weighted by molar-refractivity contribution is -0.137. The van der Waals surface area contributed by atoms with E-state index in [4.69, 9.17) is 5.11 Å². The number of aromatic nitrogens is 2. The van der Waals surface area contributed by atoms with E-state index in [2.05, 4.69) is 10.4 Å². The fraction of sp³-hybridized carbons (Fsp3) is 0.643. The molecule has 0 atom stereocenters. The molecule has 2 N–H and O–H groups in total. The second-order valence-electron chi connectivity index (χ2n) is 5.59. The van der Waals surface area contributed by atoms with Gasteiger partial charge in [0, 0.05) is 32.8 Å². The molecule has 0 radical (unpaired) electrons. The molecule has 21 heavy (non-hydrogen) atoms. The van der Waals surface area contributed by atoms with Crippen LogP contribution in [0.15, 0.2) is 6.20 Å². The van der Waals surface area contributed by atoms with Crippen molar-refractivity contribution in [3.05, 3.63) is 11.9 Å². The summed E-state index contributed by atoms with van der Waals surface area (Å²) in [6, 6.07) is -0.109. The summed E-state index contributed by atoms with van der Waals surface area (Å²) in [7, 11) is 1.82. The van der Waals surface area contributed by atoms with Crippen LogP contribution < -0.4 is 5.32 Å². The maximum absolute atomic E-state index is 12.2. The molecule has 1 aliphatic rings. The predicted octanol–water partition coefficient (Wildman–Crippen LogP) is 1.84. The number of rotatable bonds is 4. The van der Waals surface area contributed by atoms with Gasteiger partial charge in [-0.15, -0.1) is 0 Å². The van der Waals surface area contributed by atoms with E-state index in [1.54, 1.807) is 15.8 Å². The van der Waals surface area contributed by atoms with Gasteiger partial charge in [-0.25, -0.2) is 4.79 Å². The molecular weight excluding hydrogens is 272 g/mol. The van der Waals surface area contributed by atoms with E-state index >= 15 is 0 Å². The van der Waals surface area contributed by atoms with Gasteiger partial charge >= 0.3 is 12.0 Å². The molecule has 1 aliphatic heterocycles. The minimum Gasteiger partial charge on any atom is -0.481 e. The summed E-state index contributed by atoms with van der Waals surface area (Å²) in [5, 5.41) is 15.8. The first kappa shape index (κ1) is 15.3. The molecule has 0 aliphatic carbocycles. The van der Waals surface area contributed by atoms with Crippen molar-refractivity contribution in [2.24, 2.45) is 13.0 Å². The summed E-state index contributed by atoms with van der Waals surface area (Å²) in [4.78, 5) is 24.5. The van der Waals surface area contributed by atoms with Crippen molar-refractivity contribution in [3.63, 3.8) is 0 Å². The number of nitrogens with one attached hydrogen (secondary N) is 1. The van der Waals surface area contributed by atoms with E-state index < -0.39 is 5.97 Å². The van der Waals surface area contributed by atoms with Crippen molar-refractivity contribution in [2.45, 2.75) is 32.6 Å². The Morgan fingerprint density at radius 2 is 2.10 bits per heavy atom. The second kappa shape index (κ2) is 6.60. The van der Waals surface area contributed by atoms with E-state index in [0.29, 0.717) is 25.4 Å². The van der Waals surface area contributed by atoms with Crippen molar-refractivity contribution >= 4 is 17.7 Å². The van der Waals surface area contributed by atoms with Crippen LogP contribution in [-0.2, 0) is 11.8 Å². The normalized spacial score (nSPS) is 16.0. The van der Waals surface area contributed by atoms with Gasteiger partial charge in [-0.1, -0.05) is 0 Å². The molecule has 1 aromatic heterocycles. The number of carbonyl (C=O) groups is 2. The number of carboxylic acid groups (broad SMARTS) is 1. The van der Waals surface area contributed by atoms with Crippen LogP contribution >= 0.6 is 0 Å². The van der Waals surface area contributed by atoms with Crippen molar-refractivity contribution < 1.29 is 14.7 Å². The lowest BCUT2D eigenvalue weighted by Gasteiger charge is -2.31. The molecule has 1 aromatic rings. The predicted molar refractivity (Wildman–Crippen MR) is 78.1 cm³/mol. The zero-order valence-electron chi connectivity index (χ0n) is 12.5. The van der Waals surface area contributed by atoms with Crippen molar-refractivity contribution in [3.8, 4) is 0 Å². The third-order valence-corrected chi connectivity index (χ3v) is 3.92. The number of aliphatic carboxylic acids is 1. The zero-order valence-corrected chi connectivity index (χ0v) is 12.5. The molecule has 2 rings (SSSR count). The van der Waals surface area contributed by atoms with Crippen LogP contribution in [0.2, 0.25) is 0 Å². The topological polar surface area (TPSA) is 87.5 Å². The summed E-state index contributed by atoms with van der Waals surface area (Å²) in [5.74, 6) is -0.340. The first-order valence-electron chi connectivity index (χ1n) is 7.23. The zero-order chi connectivity index (χ0) is 15.4. The van der Waals surface area contributed by atoms with Crippen LogP contribution in [0.1, 0.15) is 31.4 Å². The molecule has 116 valence electrons.